The van der Waals surface area contributed by atoms with E-state index >= 15 is 0 Å². The van der Waals surface area contributed by atoms with Gasteiger partial charge in [0.15, 0.2) is 0 Å². The minimum absolute atomic E-state index is 0.0970. The van der Waals surface area contributed by atoms with Crippen LogP contribution in [0.5, 0.6) is 5.75 Å². The van der Waals surface area contributed by atoms with Crippen molar-refractivity contribution in [3.05, 3.63) is 52.9 Å². The Balaban J connectivity index is 1.74. The van der Waals surface area contributed by atoms with Gasteiger partial charge in [-0.3, -0.25) is 4.79 Å². The number of aromatic nitrogens is 1. The van der Waals surface area contributed by atoms with Crippen LogP contribution in [0, 0.1) is 6.92 Å². The fourth-order valence-corrected chi connectivity index (χ4v) is 4.44. The molecule has 0 radical (unpaired) electrons. The van der Waals surface area contributed by atoms with Crippen LogP contribution < -0.4 is 9.64 Å². The third-order valence-corrected chi connectivity index (χ3v) is 5.77. The van der Waals surface area contributed by atoms with Crippen molar-refractivity contribution < 1.29 is 9.53 Å². The molecule has 132 valence electrons. The number of aryl methyl sites for hydroxylation is 1. The van der Waals surface area contributed by atoms with Crippen molar-refractivity contribution in [2.24, 2.45) is 0 Å². The van der Waals surface area contributed by atoms with Gasteiger partial charge < -0.3 is 9.64 Å². The molecule has 0 unspecified atom stereocenters. The van der Waals surface area contributed by atoms with E-state index in [1.165, 1.54) is 10.4 Å². The first-order valence-corrected chi connectivity index (χ1v) is 9.42. The molecule has 0 fully saturated rings. The lowest BCUT2D eigenvalue weighted by Crippen LogP contribution is -2.25. The molecule has 26 heavy (non-hydrogen) atoms. The van der Waals surface area contributed by atoms with E-state index < -0.39 is 0 Å². The van der Waals surface area contributed by atoms with Crippen LogP contribution in [0.15, 0.2) is 42.5 Å². The average Bonchev–Trinajstić information content (AvgIpc) is 3.24. The molecule has 0 spiro atoms. The van der Waals surface area contributed by atoms with Crippen molar-refractivity contribution in [2.45, 2.75) is 20.3 Å². The summed E-state index contributed by atoms with van der Waals surface area (Å²) in [6.07, 6.45) is 0.894. The fourth-order valence-electron chi connectivity index (χ4n) is 3.48. The second-order valence-electron chi connectivity index (χ2n) is 6.39. The number of amides is 1. The zero-order valence-corrected chi connectivity index (χ0v) is 15.9. The molecule has 0 saturated heterocycles. The number of fused-ring (bicyclic) bond motifs is 1. The van der Waals surface area contributed by atoms with E-state index in [0.29, 0.717) is 0 Å². The maximum absolute atomic E-state index is 11.7. The van der Waals surface area contributed by atoms with Gasteiger partial charge in [0.2, 0.25) is 5.91 Å². The number of ether oxygens (including phenoxy) is 1. The van der Waals surface area contributed by atoms with Gasteiger partial charge in [0.1, 0.15) is 10.8 Å². The van der Waals surface area contributed by atoms with Gasteiger partial charge >= 0.3 is 0 Å². The van der Waals surface area contributed by atoms with Crippen molar-refractivity contribution in [3.63, 3.8) is 0 Å². The van der Waals surface area contributed by atoms with Gasteiger partial charge in [-0.2, -0.15) is 0 Å². The Morgan fingerprint density at radius 1 is 1.23 bits per heavy atom. The monoisotopic (exact) mass is 364 g/mol. The second-order valence-corrected chi connectivity index (χ2v) is 7.59. The van der Waals surface area contributed by atoms with Gasteiger partial charge in [-0.15, -0.1) is 11.3 Å². The van der Waals surface area contributed by atoms with Gasteiger partial charge in [0.05, 0.1) is 18.4 Å². The number of rotatable bonds is 3. The molecule has 1 aliphatic heterocycles. The average molecular weight is 364 g/mol. The summed E-state index contributed by atoms with van der Waals surface area (Å²) in [4.78, 5) is 19.7. The van der Waals surface area contributed by atoms with Crippen LogP contribution in [-0.4, -0.2) is 24.5 Å². The standard InChI is InChI=1S/C21H20N2O2S/c1-13-20(22-21(26-13)17-6-4-5-7-19(17)25-3)16-8-9-18-15(12-16)10-11-23(18)14(2)24/h4-9,12H,10-11H2,1-3H3. The molecule has 2 heterocycles. The van der Waals surface area contributed by atoms with Crippen LogP contribution in [0.25, 0.3) is 21.8 Å². The number of anilines is 1. The number of hydrogen-bond donors (Lipinski definition) is 0. The summed E-state index contributed by atoms with van der Waals surface area (Å²) in [6, 6.07) is 14.2. The van der Waals surface area contributed by atoms with Crippen LogP contribution in [0.2, 0.25) is 0 Å². The summed E-state index contributed by atoms with van der Waals surface area (Å²) in [6.45, 7) is 4.48. The summed E-state index contributed by atoms with van der Waals surface area (Å²) >= 11 is 1.67. The van der Waals surface area contributed by atoms with Gasteiger partial charge in [-0.05, 0) is 43.2 Å². The predicted molar refractivity (Wildman–Crippen MR) is 106 cm³/mol. The highest BCUT2D eigenvalue weighted by molar-refractivity contribution is 7.15. The largest absolute Gasteiger partial charge is 0.496 e. The Kier molecular flexibility index (Phi) is 4.24. The molecule has 2 aromatic carbocycles. The fraction of sp³-hybridized carbons (Fsp3) is 0.238. The molecule has 0 saturated carbocycles. The topological polar surface area (TPSA) is 42.4 Å². The normalized spacial score (nSPS) is 13.0. The van der Waals surface area contributed by atoms with Crippen molar-refractivity contribution in [2.75, 3.05) is 18.6 Å². The van der Waals surface area contributed by atoms with Crippen molar-refractivity contribution >= 4 is 22.9 Å². The number of thiazole rings is 1. The molecule has 4 rings (SSSR count). The van der Waals surface area contributed by atoms with E-state index in [1.807, 2.05) is 35.2 Å². The van der Waals surface area contributed by atoms with Crippen molar-refractivity contribution in [1.29, 1.82) is 0 Å². The summed E-state index contributed by atoms with van der Waals surface area (Å²) in [5.74, 6) is 0.929. The Hall–Kier alpha value is -2.66. The smallest absolute Gasteiger partial charge is 0.223 e. The van der Waals surface area contributed by atoms with E-state index in [1.54, 1.807) is 25.4 Å². The molecule has 5 heteroatoms. The SMILES string of the molecule is COc1ccccc1-c1nc(-c2ccc3c(c2)CCN3C(C)=O)c(C)s1. The summed E-state index contributed by atoms with van der Waals surface area (Å²) in [5, 5.41) is 0.959. The molecule has 0 bridgehead atoms. The Morgan fingerprint density at radius 3 is 2.81 bits per heavy atom. The van der Waals surface area contributed by atoms with Gasteiger partial charge in [0, 0.05) is 29.6 Å². The van der Waals surface area contributed by atoms with Crippen molar-refractivity contribution in [1.82, 2.24) is 4.98 Å². The summed E-state index contributed by atoms with van der Waals surface area (Å²) in [5.41, 5.74) is 5.35. The lowest BCUT2D eigenvalue weighted by atomic mass is 10.1. The second kappa shape index (κ2) is 6.57. The first kappa shape index (κ1) is 16.8. The molecule has 1 amide bonds. The lowest BCUT2D eigenvalue weighted by molar-refractivity contribution is -0.116. The van der Waals surface area contributed by atoms with Crippen molar-refractivity contribution in [3.8, 4) is 27.6 Å². The molecular formula is C21H20N2O2S. The quantitative estimate of drug-likeness (QED) is 0.676. The first-order valence-electron chi connectivity index (χ1n) is 8.60. The number of nitrogens with zero attached hydrogens (tertiary/aromatic N) is 2. The number of benzene rings is 2. The number of carbonyl (C=O) groups is 1. The molecule has 0 N–H and O–H groups in total. The lowest BCUT2D eigenvalue weighted by Gasteiger charge is -2.14. The molecule has 0 atom stereocenters. The minimum atomic E-state index is 0.0970. The summed E-state index contributed by atoms with van der Waals surface area (Å²) in [7, 11) is 1.68. The number of hydrogen-bond acceptors (Lipinski definition) is 4. The number of carbonyl (C=O) groups excluding carboxylic acids is 1. The Bertz CT molecular complexity index is 993. The minimum Gasteiger partial charge on any atom is -0.496 e. The Labute approximate surface area is 157 Å². The highest BCUT2D eigenvalue weighted by atomic mass is 32.1. The van der Waals surface area contributed by atoms with Gasteiger partial charge in [-0.1, -0.05) is 18.2 Å². The maximum Gasteiger partial charge on any atom is 0.223 e. The third-order valence-electron chi connectivity index (χ3n) is 4.76. The Morgan fingerprint density at radius 2 is 2.04 bits per heavy atom. The van der Waals surface area contributed by atoms with E-state index in [4.69, 9.17) is 9.72 Å². The highest BCUT2D eigenvalue weighted by Gasteiger charge is 2.23. The molecule has 1 aromatic heterocycles. The van der Waals surface area contributed by atoms with Crippen LogP contribution in [0.4, 0.5) is 5.69 Å². The van der Waals surface area contributed by atoms with E-state index in [0.717, 1.165) is 46.2 Å². The van der Waals surface area contributed by atoms with Gasteiger partial charge in [0.25, 0.3) is 0 Å². The molecule has 4 nitrogen and oxygen atoms in total. The van der Waals surface area contributed by atoms with Crippen LogP contribution >= 0.6 is 11.3 Å². The number of para-hydroxylation sites is 1. The molecular weight excluding hydrogens is 344 g/mol. The van der Waals surface area contributed by atoms with Gasteiger partial charge in [-0.25, -0.2) is 4.98 Å². The first-order chi connectivity index (χ1) is 12.6. The predicted octanol–water partition coefficient (Wildman–Crippen LogP) is 4.70. The van der Waals surface area contributed by atoms with Crippen LogP contribution in [0.1, 0.15) is 17.4 Å². The molecule has 3 aromatic rings. The maximum atomic E-state index is 11.7. The summed E-state index contributed by atoms with van der Waals surface area (Å²) < 4.78 is 5.48. The van der Waals surface area contributed by atoms with E-state index in [9.17, 15) is 4.79 Å². The highest BCUT2D eigenvalue weighted by Crippen LogP contribution is 2.39. The zero-order chi connectivity index (χ0) is 18.3. The molecule has 0 aliphatic carbocycles. The number of methoxy groups -OCH3 is 1. The molecule has 1 aliphatic rings. The zero-order valence-electron chi connectivity index (χ0n) is 15.1. The van der Waals surface area contributed by atoms with E-state index in [2.05, 4.69) is 19.1 Å². The van der Waals surface area contributed by atoms with Crippen LogP contribution in [0.3, 0.4) is 0 Å². The van der Waals surface area contributed by atoms with E-state index in [-0.39, 0.29) is 5.91 Å². The van der Waals surface area contributed by atoms with Crippen LogP contribution in [-0.2, 0) is 11.2 Å². The third kappa shape index (κ3) is 2.78.